The molecule has 2 aromatic carbocycles. The van der Waals surface area contributed by atoms with Gasteiger partial charge in [0.2, 0.25) is 5.91 Å². The molecule has 8 heteroatoms. The molecule has 0 bridgehead atoms. The van der Waals surface area contributed by atoms with Gasteiger partial charge in [0.1, 0.15) is 17.7 Å². The van der Waals surface area contributed by atoms with Crippen LogP contribution >= 0.6 is 0 Å². The van der Waals surface area contributed by atoms with Crippen molar-refractivity contribution in [3.05, 3.63) is 70.5 Å². The van der Waals surface area contributed by atoms with Gasteiger partial charge >= 0.3 is 5.97 Å². The van der Waals surface area contributed by atoms with Gasteiger partial charge in [-0.1, -0.05) is 24.3 Å². The third kappa shape index (κ3) is 4.01. The molecule has 3 heterocycles. The highest BCUT2D eigenvalue weighted by Gasteiger charge is 2.39. The van der Waals surface area contributed by atoms with Gasteiger partial charge in [-0.3, -0.25) is 9.59 Å². The normalized spacial score (nSPS) is 19.9. The van der Waals surface area contributed by atoms with Crippen molar-refractivity contribution in [2.45, 2.75) is 19.0 Å². The second kappa shape index (κ2) is 8.42. The maximum Gasteiger partial charge on any atom is 0.344 e. The highest BCUT2D eigenvalue weighted by atomic mass is 19.1. The summed E-state index contributed by atoms with van der Waals surface area (Å²) in [5.74, 6) is -1.69. The summed E-state index contributed by atoms with van der Waals surface area (Å²) < 4.78 is 33.1. The second-order valence-electron chi connectivity index (χ2n) is 8.59. The molecule has 0 unspecified atom stereocenters. The summed E-state index contributed by atoms with van der Waals surface area (Å²) in [5.41, 5.74) is 1.50. The van der Waals surface area contributed by atoms with E-state index in [-0.39, 0.29) is 30.5 Å². The number of piperidine rings is 1. The number of ether oxygens (including phenoxy) is 1. The summed E-state index contributed by atoms with van der Waals surface area (Å²) >= 11 is 0. The van der Waals surface area contributed by atoms with E-state index in [9.17, 15) is 23.2 Å². The zero-order chi connectivity index (χ0) is 23.1. The summed E-state index contributed by atoms with van der Waals surface area (Å²) in [7, 11) is 0. The Balaban J connectivity index is 1.28. The zero-order valence-corrected chi connectivity index (χ0v) is 17.8. The number of alkyl halides is 1. The predicted octanol–water partition coefficient (Wildman–Crippen LogP) is 3.53. The Labute approximate surface area is 189 Å². The topological polar surface area (TPSA) is 66.9 Å². The molecule has 0 saturated carbocycles. The van der Waals surface area contributed by atoms with Gasteiger partial charge in [0.25, 0.3) is 5.91 Å². The fraction of sp³-hybridized carbons (Fsp3) is 0.320. The second-order valence-corrected chi connectivity index (χ2v) is 8.59. The van der Waals surface area contributed by atoms with E-state index in [4.69, 9.17) is 4.74 Å². The van der Waals surface area contributed by atoms with Gasteiger partial charge in [-0.15, -0.1) is 0 Å². The highest BCUT2D eigenvalue weighted by molar-refractivity contribution is 6.06. The average Bonchev–Trinajstić information content (AvgIpc) is 3.10. The fourth-order valence-electron chi connectivity index (χ4n) is 4.44. The number of carbonyl (C=O) groups is 3. The first-order valence-corrected chi connectivity index (χ1v) is 11.0. The van der Waals surface area contributed by atoms with Gasteiger partial charge < -0.3 is 14.5 Å². The molecule has 170 valence electrons. The Bertz CT molecular complexity index is 1160. The summed E-state index contributed by atoms with van der Waals surface area (Å²) in [6, 6.07) is 11.1. The molecule has 0 N–H and O–H groups in total. The lowest BCUT2D eigenvalue weighted by atomic mass is 9.95. The number of halogens is 2. The van der Waals surface area contributed by atoms with Crippen molar-refractivity contribution in [1.82, 2.24) is 9.80 Å². The van der Waals surface area contributed by atoms with Gasteiger partial charge in [0, 0.05) is 31.7 Å². The van der Waals surface area contributed by atoms with Crippen molar-refractivity contribution < 1.29 is 27.9 Å². The van der Waals surface area contributed by atoms with Crippen LogP contribution in [-0.2, 0) is 9.53 Å². The average molecular weight is 452 g/mol. The third-order valence-electron chi connectivity index (χ3n) is 6.39. The first-order chi connectivity index (χ1) is 15.9. The van der Waals surface area contributed by atoms with Gasteiger partial charge in [0.05, 0.1) is 17.0 Å². The van der Waals surface area contributed by atoms with Crippen molar-refractivity contribution in [1.29, 1.82) is 0 Å². The van der Waals surface area contributed by atoms with Crippen molar-refractivity contribution >= 4 is 29.6 Å². The van der Waals surface area contributed by atoms with E-state index in [2.05, 4.69) is 0 Å². The molecule has 3 aliphatic heterocycles. The molecular weight excluding hydrogens is 430 g/mol. The van der Waals surface area contributed by atoms with Crippen LogP contribution in [-0.4, -0.2) is 59.9 Å². The lowest BCUT2D eigenvalue weighted by Gasteiger charge is -2.41. The Kier molecular flexibility index (Phi) is 5.44. The van der Waals surface area contributed by atoms with Gasteiger partial charge in [-0.2, -0.15) is 0 Å². The van der Waals surface area contributed by atoms with E-state index >= 15 is 0 Å². The SMILES string of the molecule is O=C1OC(=Cc2ccc(F)c(C(=O)N3CC(C(=O)N4CCC(F)CC4)C3)c2)c2ccccc21. The van der Waals surface area contributed by atoms with Crippen molar-refractivity contribution in [3.63, 3.8) is 0 Å². The first-order valence-electron chi connectivity index (χ1n) is 11.0. The summed E-state index contributed by atoms with van der Waals surface area (Å²) in [5, 5.41) is 0. The van der Waals surface area contributed by atoms with Crippen LogP contribution in [0, 0.1) is 11.7 Å². The van der Waals surface area contributed by atoms with Crippen molar-refractivity contribution in [2.75, 3.05) is 26.2 Å². The molecule has 6 nitrogen and oxygen atoms in total. The number of rotatable bonds is 3. The Morgan fingerprint density at radius 3 is 2.42 bits per heavy atom. The zero-order valence-electron chi connectivity index (χ0n) is 17.8. The van der Waals surface area contributed by atoms with E-state index in [1.165, 1.54) is 23.1 Å². The minimum absolute atomic E-state index is 0.0772. The number of amides is 2. The molecule has 2 saturated heterocycles. The number of nitrogens with zero attached hydrogens (tertiary/aromatic N) is 2. The summed E-state index contributed by atoms with van der Waals surface area (Å²) in [6.45, 7) is 1.21. The number of carbonyl (C=O) groups excluding carboxylic acids is 3. The first kappa shape index (κ1) is 21.3. The minimum atomic E-state index is -0.861. The van der Waals surface area contributed by atoms with Crippen molar-refractivity contribution in [2.24, 2.45) is 5.92 Å². The van der Waals surface area contributed by atoms with Gasteiger partial charge in [-0.05, 0) is 42.7 Å². The summed E-state index contributed by atoms with van der Waals surface area (Å²) in [6.07, 6.45) is 1.42. The maximum atomic E-state index is 14.5. The van der Waals surface area contributed by atoms with Crippen LogP contribution in [0.2, 0.25) is 0 Å². The highest BCUT2D eigenvalue weighted by Crippen LogP contribution is 2.31. The van der Waals surface area contributed by atoms with Crippen LogP contribution in [0.1, 0.15) is 44.7 Å². The molecule has 0 aromatic heterocycles. The quantitative estimate of drug-likeness (QED) is 0.669. The van der Waals surface area contributed by atoms with Crippen LogP contribution in [0.5, 0.6) is 0 Å². The largest absolute Gasteiger partial charge is 0.422 e. The molecule has 0 aliphatic carbocycles. The number of fused-ring (bicyclic) bond motifs is 1. The number of likely N-dealkylation sites (tertiary alicyclic amines) is 2. The Hall–Kier alpha value is -3.55. The molecule has 2 fully saturated rings. The lowest BCUT2D eigenvalue weighted by Crippen LogP contribution is -2.57. The number of esters is 1. The van der Waals surface area contributed by atoms with E-state index in [0.29, 0.717) is 48.4 Å². The van der Waals surface area contributed by atoms with Crippen LogP contribution in [0.3, 0.4) is 0 Å². The number of cyclic esters (lactones) is 1. The lowest BCUT2D eigenvalue weighted by molar-refractivity contribution is -0.141. The predicted molar refractivity (Wildman–Crippen MR) is 116 cm³/mol. The van der Waals surface area contributed by atoms with Gasteiger partial charge in [0.15, 0.2) is 0 Å². The molecule has 0 atom stereocenters. The van der Waals surface area contributed by atoms with Crippen LogP contribution in [0.15, 0.2) is 42.5 Å². The molecule has 5 rings (SSSR count). The molecule has 33 heavy (non-hydrogen) atoms. The fourth-order valence-corrected chi connectivity index (χ4v) is 4.44. The minimum Gasteiger partial charge on any atom is -0.422 e. The molecule has 2 aromatic rings. The molecule has 2 amide bonds. The molecule has 0 spiro atoms. The summed E-state index contributed by atoms with van der Waals surface area (Å²) in [4.78, 5) is 40.6. The van der Waals surface area contributed by atoms with Crippen LogP contribution in [0.25, 0.3) is 11.8 Å². The van der Waals surface area contributed by atoms with E-state index in [1.807, 2.05) is 0 Å². The molecule has 3 aliphatic rings. The third-order valence-corrected chi connectivity index (χ3v) is 6.39. The van der Waals surface area contributed by atoms with Crippen LogP contribution < -0.4 is 0 Å². The smallest absolute Gasteiger partial charge is 0.344 e. The molecular formula is C25H22F2N2O4. The number of benzene rings is 2. The Morgan fingerprint density at radius 1 is 1.00 bits per heavy atom. The van der Waals surface area contributed by atoms with Crippen LogP contribution in [0.4, 0.5) is 8.78 Å². The van der Waals surface area contributed by atoms with E-state index in [0.717, 1.165) is 0 Å². The Morgan fingerprint density at radius 2 is 1.70 bits per heavy atom. The van der Waals surface area contributed by atoms with Crippen molar-refractivity contribution in [3.8, 4) is 0 Å². The van der Waals surface area contributed by atoms with E-state index in [1.54, 1.807) is 35.2 Å². The van der Waals surface area contributed by atoms with E-state index < -0.39 is 23.9 Å². The monoisotopic (exact) mass is 452 g/mol. The number of hydrogen-bond acceptors (Lipinski definition) is 4. The van der Waals surface area contributed by atoms with Gasteiger partial charge in [-0.25, -0.2) is 13.6 Å². The molecule has 0 radical (unpaired) electrons. The maximum absolute atomic E-state index is 14.5. The standard InChI is InChI=1S/C25H22F2N2O4/c26-17-7-9-28(10-8-17)23(30)16-13-29(14-16)24(31)20-11-15(5-6-21(20)27)12-22-18-3-1-2-4-19(18)25(32)33-22/h1-6,11-12,16-17H,7-10,13-14H2. The number of hydrogen-bond donors (Lipinski definition) is 0.